The van der Waals surface area contributed by atoms with Crippen molar-refractivity contribution in [1.29, 1.82) is 0 Å². The molecule has 0 aromatic carbocycles. The molecular formula is C12H13N3O3S. The molecule has 1 unspecified atom stereocenters. The predicted octanol–water partition coefficient (Wildman–Crippen LogP) is 1.79. The van der Waals surface area contributed by atoms with E-state index in [0.717, 1.165) is 23.6 Å². The Morgan fingerprint density at radius 1 is 1.47 bits per heavy atom. The summed E-state index contributed by atoms with van der Waals surface area (Å²) in [6.45, 7) is 2.37. The van der Waals surface area contributed by atoms with E-state index < -0.39 is 0 Å². The van der Waals surface area contributed by atoms with E-state index in [9.17, 15) is 4.79 Å². The molecule has 1 atom stereocenters. The SMILES string of the molecule is Cc1occc1-c1nnc(SC2CCOC2=O)n1C. The second kappa shape index (κ2) is 4.73. The third kappa shape index (κ3) is 2.14. The van der Waals surface area contributed by atoms with E-state index in [1.165, 1.54) is 11.8 Å². The second-order valence-electron chi connectivity index (χ2n) is 4.32. The fraction of sp³-hybridized carbons (Fsp3) is 0.417. The van der Waals surface area contributed by atoms with Crippen LogP contribution < -0.4 is 0 Å². The van der Waals surface area contributed by atoms with Gasteiger partial charge >= 0.3 is 5.97 Å². The highest BCUT2D eigenvalue weighted by molar-refractivity contribution is 8.00. The minimum Gasteiger partial charge on any atom is -0.469 e. The summed E-state index contributed by atoms with van der Waals surface area (Å²) in [7, 11) is 1.88. The number of carbonyl (C=O) groups excluding carboxylic acids is 1. The molecule has 1 fully saturated rings. The second-order valence-corrected chi connectivity index (χ2v) is 5.49. The van der Waals surface area contributed by atoms with Crippen molar-refractivity contribution in [2.75, 3.05) is 6.61 Å². The summed E-state index contributed by atoms with van der Waals surface area (Å²) in [5.74, 6) is 1.36. The van der Waals surface area contributed by atoms with Gasteiger partial charge in [0.05, 0.1) is 18.4 Å². The van der Waals surface area contributed by atoms with Crippen molar-refractivity contribution in [2.45, 2.75) is 23.8 Å². The van der Waals surface area contributed by atoms with Crippen LogP contribution in [0.2, 0.25) is 0 Å². The Bertz CT molecular complexity index is 620. The minimum absolute atomic E-state index is 0.172. The highest BCUT2D eigenvalue weighted by atomic mass is 32.2. The maximum absolute atomic E-state index is 11.5. The van der Waals surface area contributed by atoms with E-state index in [2.05, 4.69) is 10.2 Å². The van der Waals surface area contributed by atoms with Crippen molar-refractivity contribution < 1.29 is 13.9 Å². The molecule has 3 heterocycles. The number of hydrogen-bond acceptors (Lipinski definition) is 6. The van der Waals surface area contributed by atoms with Crippen LogP contribution in [0.1, 0.15) is 12.2 Å². The molecule has 1 saturated heterocycles. The van der Waals surface area contributed by atoms with Gasteiger partial charge in [-0.15, -0.1) is 10.2 Å². The van der Waals surface area contributed by atoms with Gasteiger partial charge in [-0.2, -0.15) is 0 Å². The van der Waals surface area contributed by atoms with Gasteiger partial charge in [-0.25, -0.2) is 0 Å². The Labute approximate surface area is 114 Å². The maximum atomic E-state index is 11.5. The highest BCUT2D eigenvalue weighted by Gasteiger charge is 2.29. The number of furan rings is 1. The molecule has 2 aromatic heterocycles. The first-order valence-corrected chi connectivity index (χ1v) is 6.82. The summed E-state index contributed by atoms with van der Waals surface area (Å²) in [6, 6.07) is 1.86. The average molecular weight is 279 g/mol. The highest BCUT2D eigenvalue weighted by Crippen LogP contribution is 2.31. The third-order valence-electron chi connectivity index (χ3n) is 3.07. The normalized spacial score (nSPS) is 18.8. The quantitative estimate of drug-likeness (QED) is 0.798. The van der Waals surface area contributed by atoms with Crippen molar-refractivity contribution in [2.24, 2.45) is 7.05 Å². The fourth-order valence-corrected chi connectivity index (χ4v) is 2.95. The Morgan fingerprint density at radius 3 is 2.95 bits per heavy atom. The molecule has 1 aliphatic rings. The Morgan fingerprint density at radius 2 is 2.32 bits per heavy atom. The molecule has 0 aliphatic carbocycles. The zero-order chi connectivity index (χ0) is 13.4. The smallest absolute Gasteiger partial charge is 0.319 e. The zero-order valence-corrected chi connectivity index (χ0v) is 11.4. The first-order valence-electron chi connectivity index (χ1n) is 5.94. The van der Waals surface area contributed by atoms with E-state index in [1.54, 1.807) is 6.26 Å². The van der Waals surface area contributed by atoms with Crippen molar-refractivity contribution in [3.8, 4) is 11.4 Å². The number of rotatable bonds is 3. The van der Waals surface area contributed by atoms with Gasteiger partial charge in [-0.05, 0) is 13.0 Å². The lowest BCUT2D eigenvalue weighted by Crippen LogP contribution is -2.10. The monoisotopic (exact) mass is 279 g/mol. The molecule has 0 N–H and O–H groups in total. The summed E-state index contributed by atoms with van der Waals surface area (Å²) in [5.41, 5.74) is 0.913. The predicted molar refractivity (Wildman–Crippen MR) is 68.7 cm³/mol. The lowest BCUT2D eigenvalue weighted by Gasteiger charge is -2.05. The molecule has 0 saturated carbocycles. The average Bonchev–Trinajstić information content (AvgIpc) is 3.05. The first-order chi connectivity index (χ1) is 9.16. The van der Waals surface area contributed by atoms with Crippen LogP contribution in [-0.2, 0) is 16.6 Å². The lowest BCUT2D eigenvalue weighted by atomic mass is 10.2. The number of ether oxygens (including phenoxy) is 1. The standard InChI is InChI=1S/C12H13N3O3S/c1-7-8(3-5-17-7)10-13-14-12(15(10)2)19-9-4-6-18-11(9)16/h3,5,9H,4,6H2,1-2H3. The van der Waals surface area contributed by atoms with Crippen LogP contribution in [0.4, 0.5) is 0 Å². The molecule has 100 valence electrons. The van der Waals surface area contributed by atoms with Gasteiger partial charge in [-0.3, -0.25) is 4.79 Å². The minimum atomic E-state index is -0.179. The summed E-state index contributed by atoms with van der Waals surface area (Å²) >= 11 is 1.39. The van der Waals surface area contributed by atoms with Crippen LogP contribution in [-0.4, -0.2) is 32.6 Å². The molecule has 19 heavy (non-hydrogen) atoms. The van der Waals surface area contributed by atoms with Crippen LogP contribution in [0.5, 0.6) is 0 Å². The summed E-state index contributed by atoms with van der Waals surface area (Å²) in [4.78, 5) is 11.5. The summed E-state index contributed by atoms with van der Waals surface area (Å²) in [6.07, 6.45) is 2.34. The van der Waals surface area contributed by atoms with E-state index >= 15 is 0 Å². The molecule has 2 aromatic rings. The van der Waals surface area contributed by atoms with Crippen LogP contribution in [0.25, 0.3) is 11.4 Å². The van der Waals surface area contributed by atoms with Crippen LogP contribution in [0.15, 0.2) is 21.9 Å². The van der Waals surface area contributed by atoms with Crippen molar-refractivity contribution in [1.82, 2.24) is 14.8 Å². The van der Waals surface area contributed by atoms with Gasteiger partial charge in [-0.1, -0.05) is 11.8 Å². The van der Waals surface area contributed by atoms with Crippen LogP contribution in [0.3, 0.4) is 0 Å². The van der Waals surface area contributed by atoms with Gasteiger partial charge in [0.1, 0.15) is 11.0 Å². The Hall–Kier alpha value is -1.76. The number of carbonyl (C=O) groups is 1. The van der Waals surface area contributed by atoms with Gasteiger partial charge in [0.2, 0.25) is 0 Å². The first kappa shape index (κ1) is 12.3. The zero-order valence-electron chi connectivity index (χ0n) is 10.6. The Kier molecular flexibility index (Phi) is 3.06. The fourth-order valence-electron chi connectivity index (χ4n) is 1.98. The molecular weight excluding hydrogens is 266 g/mol. The van der Waals surface area contributed by atoms with Gasteiger partial charge in [0, 0.05) is 13.5 Å². The van der Waals surface area contributed by atoms with E-state index in [-0.39, 0.29) is 11.2 Å². The molecule has 0 amide bonds. The summed E-state index contributed by atoms with van der Waals surface area (Å²) < 4.78 is 12.1. The third-order valence-corrected chi connectivity index (χ3v) is 4.35. The molecule has 7 heteroatoms. The number of hydrogen-bond donors (Lipinski definition) is 0. The topological polar surface area (TPSA) is 70.2 Å². The molecule has 0 spiro atoms. The maximum Gasteiger partial charge on any atom is 0.319 e. The molecule has 0 radical (unpaired) electrons. The van der Waals surface area contributed by atoms with Gasteiger partial charge < -0.3 is 13.7 Å². The van der Waals surface area contributed by atoms with Crippen molar-refractivity contribution >= 4 is 17.7 Å². The van der Waals surface area contributed by atoms with Crippen LogP contribution in [0, 0.1) is 6.92 Å². The van der Waals surface area contributed by atoms with E-state index in [0.29, 0.717) is 11.8 Å². The number of esters is 1. The van der Waals surface area contributed by atoms with Crippen LogP contribution >= 0.6 is 11.8 Å². The summed E-state index contributed by atoms with van der Waals surface area (Å²) in [5, 5.41) is 8.83. The number of aryl methyl sites for hydroxylation is 1. The van der Waals surface area contributed by atoms with Gasteiger partial charge in [0.15, 0.2) is 11.0 Å². The molecule has 3 rings (SSSR count). The van der Waals surface area contributed by atoms with Crippen molar-refractivity contribution in [3.63, 3.8) is 0 Å². The Balaban J connectivity index is 1.87. The lowest BCUT2D eigenvalue weighted by molar-refractivity contribution is -0.137. The molecule has 0 bridgehead atoms. The number of aromatic nitrogens is 3. The van der Waals surface area contributed by atoms with Gasteiger partial charge in [0.25, 0.3) is 0 Å². The molecule has 6 nitrogen and oxygen atoms in total. The van der Waals surface area contributed by atoms with E-state index in [1.807, 2.05) is 24.6 Å². The van der Waals surface area contributed by atoms with E-state index in [4.69, 9.17) is 9.15 Å². The number of nitrogens with zero attached hydrogens (tertiary/aromatic N) is 3. The largest absolute Gasteiger partial charge is 0.469 e. The number of thioether (sulfide) groups is 1. The molecule has 1 aliphatic heterocycles. The van der Waals surface area contributed by atoms with Crippen molar-refractivity contribution in [3.05, 3.63) is 18.1 Å². The number of cyclic esters (lactones) is 1.